The fraction of sp³-hybridized carbons (Fsp3) is 0.538. The molecule has 0 saturated carbocycles. The minimum Gasteiger partial charge on any atom is -0.490 e. The highest BCUT2D eigenvalue weighted by molar-refractivity contribution is 5.49. The summed E-state index contributed by atoms with van der Waals surface area (Å²) in [5.41, 5.74) is 8.70. The van der Waals surface area contributed by atoms with Gasteiger partial charge in [0.2, 0.25) is 0 Å². The van der Waals surface area contributed by atoms with Crippen LogP contribution in [0.1, 0.15) is 36.4 Å². The molecular formula is C13H17NO2. The number of aryl methyl sites for hydroxylation is 1. The molecule has 3 nitrogen and oxygen atoms in total. The lowest BCUT2D eigenvalue weighted by Crippen LogP contribution is -2.17. The number of rotatable bonds is 0. The molecule has 1 heterocycles. The fourth-order valence-electron chi connectivity index (χ4n) is 2.50. The number of hydrogen-bond donors (Lipinski definition) is 1. The summed E-state index contributed by atoms with van der Waals surface area (Å²) in [6.07, 6.45) is 4.31. The van der Waals surface area contributed by atoms with Crippen LogP contribution in [0, 0.1) is 0 Å². The molecule has 0 aromatic heterocycles. The molecule has 0 saturated heterocycles. The molecule has 0 amide bonds. The van der Waals surface area contributed by atoms with E-state index in [1.165, 1.54) is 17.5 Å². The Balaban J connectivity index is 2.05. The van der Waals surface area contributed by atoms with E-state index in [0.29, 0.717) is 0 Å². The molecule has 2 aliphatic rings. The predicted molar refractivity (Wildman–Crippen MR) is 61.9 cm³/mol. The molecule has 1 aliphatic heterocycles. The Hall–Kier alpha value is -1.22. The van der Waals surface area contributed by atoms with E-state index in [1.54, 1.807) is 0 Å². The van der Waals surface area contributed by atoms with Gasteiger partial charge >= 0.3 is 0 Å². The van der Waals surface area contributed by atoms with Crippen molar-refractivity contribution in [2.45, 2.75) is 31.7 Å². The first-order valence-corrected chi connectivity index (χ1v) is 6.02. The van der Waals surface area contributed by atoms with Gasteiger partial charge in [0.1, 0.15) is 0 Å². The molecule has 2 N–H and O–H groups in total. The van der Waals surface area contributed by atoms with Crippen LogP contribution < -0.4 is 15.2 Å². The lowest BCUT2D eigenvalue weighted by molar-refractivity contribution is 0.297. The predicted octanol–water partition coefficient (Wildman–Crippen LogP) is 2.18. The molecule has 0 bridgehead atoms. The Labute approximate surface area is 95.5 Å². The number of hydrogen-bond acceptors (Lipinski definition) is 3. The zero-order valence-electron chi connectivity index (χ0n) is 9.37. The summed E-state index contributed by atoms with van der Waals surface area (Å²) in [6.45, 7) is 1.48. The van der Waals surface area contributed by atoms with Crippen molar-refractivity contribution in [1.29, 1.82) is 0 Å². The highest BCUT2D eigenvalue weighted by Gasteiger charge is 2.21. The van der Waals surface area contributed by atoms with Crippen LogP contribution in [0.2, 0.25) is 0 Å². The zero-order valence-corrected chi connectivity index (χ0v) is 9.37. The third-order valence-corrected chi connectivity index (χ3v) is 3.37. The normalized spacial score (nSPS) is 23.4. The summed E-state index contributed by atoms with van der Waals surface area (Å²) in [7, 11) is 0. The molecule has 1 aromatic rings. The number of fused-ring (bicyclic) bond motifs is 2. The zero-order chi connectivity index (χ0) is 11.0. The van der Waals surface area contributed by atoms with Crippen molar-refractivity contribution < 1.29 is 9.47 Å². The van der Waals surface area contributed by atoms with E-state index in [1.807, 2.05) is 0 Å². The first kappa shape index (κ1) is 9.97. The van der Waals surface area contributed by atoms with E-state index in [-0.39, 0.29) is 6.04 Å². The molecule has 86 valence electrons. The number of benzene rings is 1. The van der Waals surface area contributed by atoms with Crippen LogP contribution in [-0.2, 0) is 6.42 Å². The van der Waals surface area contributed by atoms with Crippen LogP contribution >= 0.6 is 0 Å². The monoisotopic (exact) mass is 219 g/mol. The largest absolute Gasteiger partial charge is 0.490 e. The molecule has 1 atom stereocenters. The van der Waals surface area contributed by atoms with Crippen molar-refractivity contribution in [3.8, 4) is 11.5 Å². The Bertz CT molecular complexity index is 403. The first-order valence-electron chi connectivity index (χ1n) is 6.02. The fourth-order valence-corrected chi connectivity index (χ4v) is 2.50. The molecule has 16 heavy (non-hydrogen) atoms. The average Bonchev–Trinajstić information content (AvgIpc) is 2.52. The van der Waals surface area contributed by atoms with Crippen LogP contribution in [0.5, 0.6) is 11.5 Å². The molecule has 0 fully saturated rings. The van der Waals surface area contributed by atoms with Gasteiger partial charge in [-0.2, -0.15) is 0 Å². The lowest BCUT2D eigenvalue weighted by atomic mass is 9.88. The van der Waals surface area contributed by atoms with Gasteiger partial charge in [0, 0.05) is 12.5 Å². The van der Waals surface area contributed by atoms with Crippen molar-refractivity contribution >= 4 is 0 Å². The van der Waals surface area contributed by atoms with E-state index in [9.17, 15) is 0 Å². The van der Waals surface area contributed by atoms with E-state index in [0.717, 1.165) is 44.0 Å². The number of nitrogens with two attached hydrogens (primary N) is 1. The van der Waals surface area contributed by atoms with Crippen molar-refractivity contribution in [2.75, 3.05) is 13.2 Å². The summed E-state index contributed by atoms with van der Waals surface area (Å²) < 4.78 is 11.4. The molecule has 0 spiro atoms. The van der Waals surface area contributed by atoms with Gasteiger partial charge in [-0.3, -0.25) is 0 Å². The van der Waals surface area contributed by atoms with Gasteiger partial charge < -0.3 is 15.2 Å². The quantitative estimate of drug-likeness (QED) is 0.727. The molecule has 1 aliphatic carbocycles. The maximum Gasteiger partial charge on any atom is 0.161 e. The van der Waals surface area contributed by atoms with Crippen molar-refractivity contribution in [3.63, 3.8) is 0 Å². The highest BCUT2D eigenvalue weighted by atomic mass is 16.5. The summed E-state index contributed by atoms with van der Waals surface area (Å²) in [6, 6.07) is 4.37. The van der Waals surface area contributed by atoms with Crippen LogP contribution in [0.4, 0.5) is 0 Å². The van der Waals surface area contributed by atoms with Gasteiger partial charge in [-0.25, -0.2) is 0 Å². The Morgan fingerprint density at radius 1 is 1.06 bits per heavy atom. The second-order valence-electron chi connectivity index (χ2n) is 4.55. The molecular weight excluding hydrogens is 202 g/mol. The highest BCUT2D eigenvalue weighted by Crippen LogP contribution is 2.38. The first-order chi connectivity index (χ1) is 7.84. The maximum atomic E-state index is 6.12. The van der Waals surface area contributed by atoms with Crippen LogP contribution in [0.15, 0.2) is 12.1 Å². The molecule has 1 unspecified atom stereocenters. The van der Waals surface area contributed by atoms with E-state index >= 15 is 0 Å². The van der Waals surface area contributed by atoms with Crippen molar-refractivity contribution in [2.24, 2.45) is 5.73 Å². The Morgan fingerprint density at radius 3 is 2.62 bits per heavy atom. The molecule has 1 aromatic carbocycles. The van der Waals surface area contributed by atoms with Crippen molar-refractivity contribution in [1.82, 2.24) is 0 Å². The topological polar surface area (TPSA) is 44.5 Å². The van der Waals surface area contributed by atoms with Gasteiger partial charge in [0.05, 0.1) is 13.2 Å². The Kier molecular flexibility index (Phi) is 2.48. The third kappa shape index (κ3) is 1.65. The summed E-state index contributed by atoms with van der Waals surface area (Å²) in [5.74, 6) is 1.76. The minimum atomic E-state index is 0.168. The average molecular weight is 219 g/mol. The third-order valence-electron chi connectivity index (χ3n) is 3.37. The van der Waals surface area contributed by atoms with Gasteiger partial charge in [0.25, 0.3) is 0 Å². The van der Waals surface area contributed by atoms with Crippen LogP contribution in [-0.4, -0.2) is 13.2 Å². The number of ether oxygens (including phenoxy) is 2. The maximum absolute atomic E-state index is 6.12. The molecule has 3 rings (SSSR count). The summed E-state index contributed by atoms with van der Waals surface area (Å²) in [4.78, 5) is 0. The Morgan fingerprint density at radius 2 is 1.81 bits per heavy atom. The van der Waals surface area contributed by atoms with Gasteiger partial charge in [-0.1, -0.05) is 0 Å². The molecule has 0 radical (unpaired) electrons. The second kappa shape index (κ2) is 3.98. The van der Waals surface area contributed by atoms with Crippen molar-refractivity contribution in [3.05, 3.63) is 23.3 Å². The van der Waals surface area contributed by atoms with E-state index in [2.05, 4.69) is 12.1 Å². The van der Waals surface area contributed by atoms with Gasteiger partial charge in [-0.05, 0) is 42.5 Å². The standard InChI is InChI=1S/C13H17NO2/c14-11-4-1-3-9-7-12-13(8-10(9)11)16-6-2-5-15-12/h7-8,11H,1-6,14H2. The summed E-state index contributed by atoms with van der Waals surface area (Å²) >= 11 is 0. The van der Waals surface area contributed by atoms with E-state index < -0.39 is 0 Å². The molecule has 3 heteroatoms. The second-order valence-corrected chi connectivity index (χ2v) is 4.55. The lowest BCUT2D eigenvalue weighted by Gasteiger charge is -2.23. The summed E-state index contributed by atoms with van der Waals surface area (Å²) in [5, 5.41) is 0. The SMILES string of the molecule is NC1CCCc2cc3c(cc21)OCCCO3. The van der Waals surface area contributed by atoms with Gasteiger partial charge in [-0.15, -0.1) is 0 Å². The van der Waals surface area contributed by atoms with Crippen LogP contribution in [0.25, 0.3) is 0 Å². The smallest absolute Gasteiger partial charge is 0.161 e. The van der Waals surface area contributed by atoms with Crippen LogP contribution in [0.3, 0.4) is 0 Å². The minimum absolute atomic E-state index is 0.168. The van der Waals surface area contributed by atoms with E-state index in [4.69, 9.17) is 15.2 Å². The van der Waals surface area contributed by atoms with Gasteiger partial charge in [0.15, 0.2) is 11.5 Å².